The van der Waals surface area contributed by atoms with Gasteiger partial charge in [0.15, 0.2) is 5.82 Å². The Balaban J connectivity index is 2.29. The Morgan fingerprint density at radius 3 is 2.67 bits per heavy atom. The molecule has 0 spiro atoms. The highest BCUT2D eigenvalue weighted by atomic mass is 127. The Bertz CT molecular complexity index is 363. The molecule has 0 bridgehead atoms. The highest BCUT2D eigenvalue weighted by Gasteiger charge is 2.26. The van der Waals surface area contributed by atoms with Crippen LogP contribution in [-0.4, -0.2) is 16.1 Å². The molecular weight excluding hydrogens is 326 g/mol. The maximum absolute atomic E-state index is 6.02. The molecule has 0 N–H and O–H groups in total. The Labute approximate surface area is 108 Å². The van der Waals surface area contributed by atoms with Gasteiger partial charge in [-0.15, -0.1) is 0 Å². The van der Waals surface area contributed by atoms with E-state index in [1.165, 1.54) is 0 Å². The molecule has 15 heavy (non-hydrogen) atoms. The van der Waals surface area contributed by atoms with Crippen LogP contribution in [0.2, 0.25) is 5.15 Å². The van der Waals surface area contributed by atoms with Crippen LogP contribution < -0.4 is 0 Å². The number of hydrogen-bond donors (Lipinski definition) is 0. The number of nitrogens with zero attached hydrogens (tertiary/aromatic N) is 2. The van der Waals surface area contributed by atoms with Crippen molar-refractivity contribution in [3.05, 3.63) is 20.2 Å². The van der Waals surface area contributed by atoms with Gasteiger partial charge in [-0.3, -0.25) is 0 Å². The molecule has 0 aromatic carbocycles. The van der Waals surface area contributed by atoms with Gasteiger partial charge in [0.2, 0.25) is 0 Å². The fourth-order valence-electron chi connectivity index (χ4n) is 1.68. The first-order valence-electron chi connectivity index (χ1n) is 4.93. The largest absolute Gasteiger partial charge is 0.367 e. The maximum atomic E-state index is 6.02. The smallest absolute Gasteiger partial charge is 0.159 e. The third kappa shape index (κ3) is 2.42. The van der Waals surface area contributed by atoms with Crippen molar-refractivity contribution in [3.63, 3.8) is 0 Å². The molecule has 2 atom stereocenters. The van der Waals surface area contributed by atoms with E-state index in [9.17, 15) is 0 Å². The quantitative estimate of drug-likeness (QED) is 0.582. The van der Waals surface area contributed by atoms with E-state index in [1.807, 2.05) is 6.92 Å². The van der Waals surface area contributed by atoms with Crippen molar-refractivity contribution in [2.45, 2.75) is 38.9 Å². The molecule has 5 heteroatoms. The van der Waals surface area contributed by atoms with E-state index in [-0.39, 0.29) is 6.10 Å². The second-order valence-electron chi connectivity index (χ2n) is 3.78. The molecule has 2 rings (SSSR count). The van der Waals surface area contributed by atoms with E-state index in [1.54, 1.807) is 0 Å². The molecule has 1 fully saturated rings. The Kier molecular flexibility index (Phi) is 3.47. The van der Waals surface area contributed by atoms with Crippen molar-refractivity contribution < 1.29 is 4.74 Å². The summed E-state index contributed by atoms with van der Waals surface area (Å²) in [6.07, 6.45) is 2.37. The minimum absolute atomic E-state index is 0.0215. The fraction of sp³-hybridized carbons (Fsp3) is 0.600. The summed E-state index contributed by atoms with van der Waals surface area (Å²) in [5.41, 5.74) is 0.925. The first-order valence-corrected chi connectivity index (χ1v) is 6.38. The third-order valence-corrected chi connectivity index (χ3v) is 4.40. The van der Waals surface area contributed by atoms with Gasteiger partial charge in [-0.25, -0.2) is 9.97 Å². The first-order chi connectivity index (χ1) is 7.08. The highest BCUT2D eigenvalue weighted by molar-refractivity contribution is 14.1. The van der Waals surface area contributed by atoms with E-state index in [2.05, 4.69) is 39.5 Å². The molecule has 1 aliphatic heterocycles. The van der Waals surface area contributed by atoms with Gasteiger partial charge in [0.25, 0.3) is 0 Å². The van der Waals surface area contributed by atoms with E-state index in [0.29, 0.717) is 11.3 Å². The summed E-state index contributed by atoms with van der Waals surface area (Å²) in [4.78, 5) is 8.69. The maximum Gasteiger partial charge on any atom is 0.159 e. The molecule has 1 aromatic heterocycles. The minimum atomic E-state index is 0.0215. The van der Waals surface area contributed by atoms with Crippen LogP contribution in [0.15, 0.2) is 0 Å². The van der Waals surface area contributed by atoms with Crippen LogP contribution in [0, 0.1) is 10.5 Å². The lowest BCUT2D eigenvalue weighted by molar-refractivity contribution is 0.0501. The van der Waals surface area contributed by atoms with Crippen molar-refractivity contribution >= 4 is 34.2 Å². The average molecular weight is 339 g/mol. The molecular formula is C10H12ClIN2O. The summed E-state index contributed by atoms with van der Waals surface area (Å²) in [5, 5.41) is 0.529. The monoisotopic (exact) mass is 338 g/mol. The predicted molar refractivity (Wildman–Crippen MR) is 67.0 cm³/mol. The van der Waals surface area contributed by atoms with Crippen LogP contribution in [0.1, 0.15) is 37.4 Å². The number of rotatable bonds is 1. The van der Waals surface area contributed by atoms with Gasteiger partial charge in [0.05, 0.1) is 15.4 Å². The van der Waals surface area contributed by atoms with Gasteiger partial charge in [-0.2, -0.15) is 0 Å². The molecule has 1 saturated heterocycles. The Morgan fingerprint density at radius 1 is 1.40 bits per heavy atom. The van der Waals surface area contributed by atoms with Crippen LogP contribution in [0.5, 0.6) is 0 Å². The standard InChI is InChI=1S/C10H12ClIN2O/c1-5-3-4-7(15-5)10-13-6(2)8(12)9(11)14-10/h5,7H,3-4H2,1-2H3. The molecule has 0 amide bonds. The summed E-state index contributed by atoms with van der Waals surface area (Å²) in [6, 6.07) is 0. The van der Waals surface area contributed by atoms with E-state index in [4.69, 9.17) is 16.3 Å². The Morgan fingerprint density at radius 2 is 2.13 bits per heavy atom. The van der Waals surface area contributed by atoms with Crippen molar-refractivity contribution in [3.8, 4) is 0 Å². The number of ether oxygens (including phenoxy) is 1. The number of hydrogen-bond acceptors (Lipinski definition) is 3. The SMILES string of the molecule is Cc1nc(C2CCC(C)O2)nc(Cl)c1I. The van der Waals surface area contributed by atoms with E-state index >= 15 is 0 Å². The van der Waals surface area contributed by atoms with Crippen LogP contribution in [0.4, 0.5) is 0 Å². The zero-order valence-corrected chi connectivity index (χ0v) is 11.5. The summed E-state index contributed by atoms with van der Waals surface area (Å²) in [6.45, 7) is 4.01. The molecule has 1 aromatic rings. The Hall–Kier alpha value is 0.0600. The van der Waals surface area contributed by atoms with Crippen LogP contribution in [0.3, 0.4) is 0 Å². The van der Waals surface area contributed by atoms with Crippen molar-refractivity contribution in [1.29, 1.82) is 0 Å². The molecule has 82 valence electrons. The lowest BCUT2D eigenvalue weighted by Gasteiger charge is -2.11. The molecule has 0 radical (unpaired) electrons. The number of aryl methyl sites for hydroxylation is 1. The van der Waals surface area contributed by atoms with Crippen molar-refractivity contribution in [1.82, 2.24) is 9.97 Å². The lowest BCUT2D eigenvalue weighted by Crippen LogP contribution is -2.07. The third-order valence-electron chi connectivity index (χ3n) is 2.51. The van der Waals surface area contributed by atoms with Gasteiger partial charge in [0.1, 0.15) is 11.3 Å². The summed E-state index contributed by atoms with van der Waals surface area (Å²) >= 11 is 8.17. The van der Waals surface area contributed by atoms with Crippen LogP contribution in [0.25, 0.3) is 0 Å². The zero-order chi connectivity index (χ0) is 11.0. The average Bonchev–Trinajstić information content (AvgIpc) is 2.60. The predicted octanol–water partition coefficient (Wildman–Crippen LogP) is 3.28. The number of halogens is 2. The molecule has 2 unspecified atom stereocenters. The van der Waals surface area contributed by atoms with E-state index in [0.717, 1.165) is 27.9 Å². The minimum Gasteiger partial charge on any atom is -0.367 e. The van der Waals surface area contributed by atoms with Crippen molar-refractivity contribution in [2.24, 2.45) is 0 Å². The first kappa shape index (κ1) is 11.5. The van der Waals surface area contributed by atoms with Gasteiger partial charge in [0, 0.05) is 0 Å². The van der Waals surface area contributed by atoms with Crippen LogP contribution >= 0.6 is 34.2 Å². The van der Waals surface area contributed by atoms with Gasteiger partial charge in [-0.05, 0) is 49.3 Å². The molecule has 3 nitrogen and oxygen atoms in total. The van der Waals surface area contributed by atoms with Crippen molar-refractivity contribution in [2.75, 3.05) is 0 Å². The normalized spacial score (nSPS) is 25.9. The summed E-state index contributed by atoms with van der Waals surface area (Å²) < 4.78 is 6.63. The van der Waals surface area contributed by atoms with Gasteiger partial charge in [-0.1, -0.05) is 11.6 Å². The second kappa shape index (κ2) is 4.51. The molecule has 1 aliphatic rings. The zero-order valence-electron chi connectivity index (χ0n) is 8.63. The van der Waals surface area contributed by atoms with E-state index < -0.39 is 0 Å². The van der Waals surface area contributed by atoms with Gasteiger partial charge >= 0.3 is 0 Å². The van der Waals surface area contributed by atoms with Gasteiger partial charge < -0.3 is 4.74 Å². The number of aromatic nitrogens is 2. The second-order valence-corrected chi connectivity index (χ2v) is 5.22. The summed E-state index contributed by atoms with van der Waals surface area (Å²) in [5.74, 6) is 0.724. The highest BCUT2D eigenvalue weighted by Crippen LogP contribution is 2.32. The lowest BCUT2D eigenvalue weighted by atomic mass is 10.2. The molecule has 0 saturated carbocycles. The fourth-order valence-corrected chi connectivity index (χ4v) is 2.15. The molecule has 0 aliphatic carbocycles. The topological polar surface area (TPSA) is 35.0 Å². The molecule has 2 heterocycles. The van der Waals surface area contributed by atoms with Crippen LogP contribution in [-0.2, 0) is 4.74 Å². The summed E-state index contributed by atoms with van der Waals surface area (Å²) in [7, 11) is 0.